The SMILES string of the molecule is CCOc1cc([C@@H]2NC(=O)NC(C)=C2C(=O)OC)ccc1OC[C@@H](O)N/N=C\c1cc(I)c(OCc2ccc(I)cc2)c(OCC)c1. The van der Waals surface area contributed by atoms with Crippen molar-refractivity contribution in [2.45, 2.75) is 39.6 Å². The van der Waals surface area contributed by atoms with Crippen molar-refractivity contribution in [2.24, 2.45) is 5.10 Å². The Hall–Kier alpha value is -3.77. The summed E-state index contributed by atoms with van der Waals surface area (Å²) in [6.07, 6.45) is 0.418. The molecule has 4 N–H and O–H groups in total. The molecule has 250 valence electrons. The maximum Gasteiger partial charge on any atom is 0.337 e. The number of urea groups is 1. The Balaban J connectivity index is 1.40. The molecule has 1 heterocycles. The van der Waals surface area contributed by atoms with Crippen LogP contribution in [0, 0.1) is 7.14 Å². The molecule has 12 nitrogen and oxygen atoms in total. The van der Waals surface area contributed by atoms with E-state index >= 15 is 0 Å². The standard InChI is InChI=1S/C33H36I2N4O8/c1-5-44-26-15-22(30-29(32(41)43-4)19(3)37-33(42)38-30)9-12-25(26)46-18-28(40)39-36-16-21-13-24(35)31(27(14-21)45-6-2)47-17-20-7-10-23(34)11-8-20/h7-16,28,30,39-40H,5-6,17-18H2,1-4H3,(H2,37,38,42)/b36-16-/t28-,30+/m1/s1. The number of amides is 2. The third-order valence-corrected chi connectivity index (χ3v) is 8.26. The number of esters is 1. The minimum Gasteiger partial charge on any atom is -0.490 e. The average molecular weight is 870 g/mol. The van der Waals surface area contributed by atoms with Crippen LogP contribution in [0.15, 0.2) is 71.0 Å². The molecule has 0 saturated carbocycles. The molecule has 0 saturated heterocycles. The number of nitrogens with zero attached hydrogens (tertiary/aromatic N) is 1. The number of nitrogens with one attached hydrogen (secondary N) is 3. The summed E-state index contributed by atoms with van der Waals surface area (Å²) < 4.78 is 30.5. The summed E-state index contributed by atoms with van der Waals surface area (Å²) in [4.78, 5) is 24.7. The van der Waals surface area contributed by atoms with E-state index in [0.29, 0.717) is 54.1 Å². The van der Waals surface area contributed by atoms with Crippen LogP contribution in [0.3, 0.4) is 0 Å². The minimum absolute atomic E-state index is 0.152. The monoisotopic (exact) mass is 870 g/mol. The first kappa shape index (κ1) is 36.1. The van der Waals surface area contributed by atoms with Crippen molar-refractivity contribution in [1.29, 1.82) is 0 Å². The van der Waals surface area contributed by atoms with Crippen molar-refractivity contribution in [3.63, 3.8) is 0 Å². The smallest absolute Gasteiger partial charge is 0.337 e. The van der Waals surface area contributed by atoms with Gasteiger partial charge in [0.25, 0.3) is 0 Å². The van der Waals surface area contributed by atoms with E-state index in [1.54, 1.807) is 31.3 Å². The van der Waals surface area contributed by atoms with Crippen LogP contribution < -0.4 is 35.0 Å². The highest BCUT2D eigenvalue weighted by Crippen LogP contribution is 2.36. The normalized spacial score (nSPS) is 15.0. The van der Waals surface area contributed by atoms with E-state index in [2.05, 4.69) is 66.3 Å². The van der Waals surface area contributed by atoms with Crippen LogP contribution in [0.2, 0.25) is 0 Å². The topological polar surface area (TPSA) is 149 Å². The third kappa shape index (κ3) is 9.87. The molecule has 0 radical (unpaired) electrons. The number of rotatable bonds is 15. The zero-order valence-corrected chi connectivity index (χ0v) is 30.6. The number of hydrogen-bond donors (Lipinski definition) is 4. The highest BCUT2D eigenvalue weighted by molar-refractivity contribution is 14.1. The number of halogens is 2. The maximum atomic E-state index is 12.5. The van der Waals surface area contributed by atoms with E-state index in [4.69, 9.17) is 23.7 Å². The third-order valence-electron chi connectivity index (χ3n) is 6.74. The molecule has 0 unspecified atom stereocenters. The summed E-state index contributed by atoms with van der Waals surface area (Å²) in [5.41, 5.74) is 5.71. The molecule has 3 aromatic carbocycles. The number of aliphatic hydroxyl groups excluding tert-OH is 1. The fraction of sp³-hybridized carbons (Fsp3) is 0.303. The van der Waals surface area contributed by atoms with Gasteiger partial charge < -0.3 is 39.4 Å². The summed E-state index contributed by atoms with van der Waals surface area (Å²) in [7, 11) is 1.28. The molecular weight excluding hydrogens is 834 g/mol. The Morgan fingerprint density at radius 1 is 1.00 bits per heavy atom. The van der Waals surface area contributed by atoms with Gasteiger partial charge in [-0.3, -0.25) is 5.43 Å². The van der Waals surface area contributed by atoms with E-state index in [0.717, 1.165) is 18.3 Å². The predicted octanol–water partition coefficient (Wildman–Crippen LogP) is 5.39. The number of hydrogen-bond acceptors (Lipinski definition) is 10. The number of methoxy groups -OCH3 is 1. The molecule has 0 aromatic heterocycles. The lowest BCUT2D eigenvalue weighted by atomic mass is 9.95. The number of carbonyl (C=O) groups excluding carboxylic acids is 2. The van der Waals surface area contributed by atoms with Crippen LogP contribution in [-0.2, 0) is 16.1 Å². The number of allylic oxidation sites excluding steroid dienone is 1. The first-order chi connectivity index (χ1) is 22.6. The lowest BCUT2D eigenvalue weighted by Crippen LogP contribution is -2.45. The molecule has 1 aliphatic heterocycles. The van der Waals surface area contributed by atoms with Crippen molar-refractivity contribution < 1.29 is 38.4 Å². The summed E-state index contributed by atoms with van der Waals surface area (Å²) in [5.74, 6) is 1.40. The van der Waals surface area contributed by atoms with Gasteiger partial charge in [0, 0.05) is 9.27 Å². The van der Waals surface area contributed by atoms with Gasteiger partial charge in [-0.2, -0.15) is 5.10 Å². The van der Waals surface area contributed by atoms with Gasteiger partial charge in [-0.15, -0.1) is 0 Å². The quantitative estimate of drug-likeness (QED) is 0.0519. The summed E-state index contributed by atoms with van der Waals surface area (Å²) >= 11 is 4.47. The van der Waals surface area contributed by atoms with E-state index in [1.165, 1.54) is 7.11 Å². The molecular formula is C33H36I2N4O8. The Morgan fingerprint density at radius 3 is 2.43 bits per heavy atom. The van der Waals surface area contributed by atoms with Crippen molar-refractivity contribution in [2.75, 3.05) is 26.9 Å². The number of benzene rings is 3. The second kappa shape index (κ2) is 17.4. The Kier molecular flexibility index (Phi) is 13.4. The molecule has 0 aliphatic carbocycles. The molecule has 3 aromatic rings. The highest BCUT2D eigenvalue weighted by Gasteiger charge is 2.32. The van der Waals surface area contributed by atoms with Gasteiger partial charge in [-0.25, -0.2) is 9.59 Å². The number of carbonyl (C=O) groups is 2. The predicted molar refractivity (Wildman–Crippen MR) is 193 cm³/mol. The Labute approximate surface area is 300 Å². The second-order valence-electron chi connectivity index (χ2n) is 10.1. The molecule has 0 fully saturated rings. The van der Waals surface area contributed by atoms with Gasteiger partial charge in [0.1, 0.15) is 13.2 Å². The number of aliphatic hydroxyl groups is 1. The summed E-state index contributed by atoms with van der Waals surface area (Å²) in [6, 6.07) is 15.7. The largest absolute Gasteiger partial charge is 0.490 e. The maximum absolute atomic E-state index is 12.5. The van der Waals surface area contributed by atoms with E-state index < -0.39 is 24.3 Å². The molecule has 2 atom stereocenters. The zero-order valence-electron chi connectivity index (χ0n) is 26.3. The van der Waals surface area contributed by atoms with Gasteiger partial charge in [-0.1, -0.05) is 18.2 Å². The Bertz CT molecular complexity index is 1630. The lowest BCUT2D eigenvalue weighted by Gasteiger charge is -2.28. The molecule has 0 bridgehead atoms. The molecule has 2 amide bonds. The molecule has 1 aliphatic rings. The fourth-order valence-electron chi connectivity index (χ4n) is 4.62. The lowest BCUT2D eigenvalue weighted by molar-refractivity contribution is -0.136. The molecule has 0 spiro atoms. The van der Waals surface area contributed by atoms with Crippen LogP contribution >= 0.6 is 45.2 Å². The van der Waals surface area contributed by atoms with E-state index in [1.807, 2.05) is 50.2 Å². The van der Waals surface area contributed by atoms with Gasteiger partial charge >= 0.3 is 12.0 Å². The number of ether oxygens (including phenoxy) is 5. The Morgan fingerprint density at radius 2 is 1.72 bits per heavy atom. The van der Waals surface area contributed by atoms with Gasteiger partial charge in [0.15, 0.2) is 29.2 Å². The molecule has 4 rings (SSSR count). The average Bonchev–Trinajstić information content (AvgIpc) is 3.04. The fourth-order valence-corrected chi connectivity index (χ4v) is 5.76. The van der Waals surface area contributed by atoms with Gasteiger partial charge in [0.05, 0.1) is 41.7 Å². The molecule has 14 heteroatoms. The van der Waals surface area contributed by atoms with Crippen molar-refractivity contribution in [3.8, 4) is 23.0 Å². The zero-order chi connectivity index (χ0) is 33.9. The first-order valence-electron chi connectivity index (χ1n) is 14.7. The van der Waals surface area contributed by atoms with Crippen LogP contribution in [-0.4, -0.2) is 56.5 Å². The first-order valence-corrected chi connectivity index (χ1v) is 16.9. The summed E-state index contributed by atoms with van der Waals surface area (Å²) in [5, 5.41) is 20.1. The van der Waals surface area contributed by atoms with Crippen LogP contribution in [0.4, 0.5) is 4.79 Å². The van der Waals surface area contributed by atoms with Crippen molar-refractivity contribution in [3.05, 3.63) is 89.7 Å². The summed E-state index contributed by atoms with van der Waals surface area (Å²) in [6.45, 7) is 6.40. The van der Waals surface area contributed by atoms with Crippen LogP contribution in [0.25, 0.3) is 0 Å². The highest BCUT2D eigenvalue weighted by atomic mass is 127. The van der Waals surface area contributed by atoms with Crippen LogP contribution in [0.5, 0.6) is 23.0 Å². The van der Waals surface area contributed by atoms with Crippen LogP contribution in [0.1, 0.15) is 43.5 Å². The number of hydrazone groups is 1. The van der Waals surface area contributed by atoms with E-state index in [-0.39, 0.29) is 12.2 Å². The van der Waals surface area contributed by atoms with Gasteiger partial charge in [0.2, 0.25) is 0 Å². The van der Waals surface area contributed by atoms with Crippen molar-refractivity contribution in [1.82, 2.24) is 16.1 Å². The van der Waals surface area contributed by atoms with Crippen molar-refractivity contribution >= 4 is 63.4 Å². The van der Waals surface area contributed by atoms with Gasteiger partial charge in [-0.05, 0) is 119 Å². The van der Waals surface area contributed by atoms with E-state index in [9.17, 15) is 14.7 Å². The minimum atomic E-state index is -1.15. The second-order valence-corrected chi connectivity index (χ2v) is 12.5. The molecule has 47 heavy (non-hydrogen) atoms.